The molecule has 1 aromatic carbocycles. The van der Waals surface area contributed by atoms with Gasteiger partial charge in [0.25, 0.3) is 0 Å². The summed E-state index contributed by atoms with van der Waals surface area (Å²) in [6.07, 6.45) is 0.769. The summed E-state index contributed by atoms with van der Waals surface area (Å²) >= 11 is 4.54. The molecule has 21 heavy (non-hydrogen) atoms. The standard InChI is InChI=1S/C14H14N2O4S/c17-11-4-3-10(12(18)15-11)16-6-8-5-7(14(19)20)1-2-9(8)13(16)21/h1-2,5,10,13,21H,3-4,6H2,(H,19,20)(H,15,17,18). The van der Waals surface area contributed by atoms with Crippen molar-refractivity contribution in [3.63, 3.8) is 0 Å². The third-order valence-electron chi connectivity index (χ3n) is 3.95. The molecule has 2 unspecified atom stereocenters. The quantitative estimate of drug-likeness (QED) is 0.559. The van der Waals surface area contributed by atoms with Crippen molar-refractivity contribution in [3.05, 3.63) is 34.9 Å². The van der Waals surface area contributed by atoms with Crippen LogP contribution in [0.4, 0.5) is 0 Å². The van der Waals surface area contributed by atoms with Gasteiger partial charge in [0.15, 0.2) is 0 Å². The average Bonchev–Trinajstić information content (AvgIpc) is 2.75. The van der Waals surface area contributed by atoms with Crippen LogP contribution in [-0.2, 0) is 16.1 Å². The number of aromatic carboxylic acids is 1. The van der Waals surface area contributed by atoms with E-state index in [4.69, 9.17) is 5.11 Å². The number of carbonyl (C=O) groups is 3. The molecule has 0 spiro atoms. The first-order chi connectivity index (χ1) is 9.97. The maximum absolute atomic E-state index is 12.0. The van der Waals surface area contributed by atoms with Crippen molar-refractivity contribution in [2.75, 3.05) is 0 Å². The largest absolute Gasteiger partial charge is 0.478 e. The van der Waals surface area contributed by atoms with Gasteiger partial charge in [0.2, 0.25) is 11.8 Å². The van der Waals surface area contributed by atoms with E-state index in [9.17, 15) is 14.4 Å². The normalized spacial score (nSPS) is 25.6. The van der Waals surface area contributed by atoms with Crippen LogP contribution in [-0.4, -0.2) is 33.8 Å². The maximum Gasteiger partial charge on any atom is 0.335 e. The van der Waals surface area contributed by atoms with Crippen LogP contribution in [0.1, 0.15) is 39.7 Å². The van der Waals surface area contributed by atoms with Crippen molar-refractivity contribution in [1.82, 2.24) is 10.2 Å². The number of piperidine rings is 1. The lowest BCUT2D eigenvalue weighted by molar-refractivity contribution is -0.137. The van der Waals surface area contributed by atoms with E-state index >= 15 is 0 Å². The topological polar surface area (TPSA) is 86.7 Å². The monoisotopic (exact) mass is 306 g/mol. The molecule has 0 saturated carbocycles. The average molecular weight is 306 g/mol. The fourth-order valence-electron chi connectivity index (χ4n) is 2.87. The van der Waals surface area contributed by atoms with Crippen LogP contribution in [0.5, 0.6) is 0 Å². The Bertz CT molecular complexity index is 646. The Labute approximate surface area is 126 Å². The summed E-state index contributed by atoms with van der Waals surface area (Å²) in [6, 6.07) is 4.49. The maximum atomic E-state index is 12.0. The van der Waals surface area contributed by atoms with Crippen molar-refractivity contribution in [3.8, 4) is 0 Å². The summed E-state index contributed by atoms with van der Waals surface area (Å²) in [4.78, 5) is 36.1. The Balaban J connectivity index is 1.86. The highest BCUT2D eigenvalue weighted by Crippen LogP contribution is 2.39. The number of nitrogens with zero attached hydrogens (tertiary/aromatic N) is 1. The molecule has 1 saturated heterocycles. The highest BCUT2D eigenvalue weighted by molar-refractivity contribution is 7.80. The van der Waals surface area contributed by atoms with Crippen LogP contribution in [0.15, 0.2) is 18.2 Å². The predicted molar refractivity (Wildman–Crippen MR) is 76.8 cm³/mol. The molecule has 2 aliphatic heterocycles. The molecule has 0 aromatic heterocycles. The minimum absolute atomic E-state index is 0.222. The van der Waals surface area contributed by atoms with E-state index in [1.807, 2.05) is 4.90 Å². The lowest BCUT2D eigenvalue weighted by atomic mass is 10.0. The third-order valence-corrected chi connectivity index (χ3v) is 4.52. The van der Waals surface area contributed by atoms with Gasteiger partial charge in [-0.25, -0.2) is 4.79 Å². The zero-order chi connectivity index (χ0) is 15.1. The zero-order valence-electron chi connectivity index (χ0n) is 11.1. The van der Waals surface area contributed by atoms with Crippen LogP contribution in [0.2, 0.25) is 0 Å². The Morgan fingerprint density at radius 2 is 2.14 bits per heavy atom. The van der Waals surface area contributed by atoms with Crippen molar-refractivity contribution in [2.45, 2.75) is 30.8 Å². The Hall–Kier alpha value is -1.86. The van der Waals surface area contributed by atoms with Gasteiger partial charge >= 0.3 is 5.97 Å². The first kappa shape index (κ1) is 14.1. The third kappa shape index (κ3) is 2.43. The molecule has 2 N–H and O–H groups in total. The second kappa shape index (κ2) is 5.16. The first-order valence-electron chi connectivity index (χ1n) is 6.61. The van der Waals surface area contributed by atoms with Crippen LogP contribution in [0.3, 0.4) is 0 Å². The Kier molecular flexibility index (Phi) is 3.46. The van der Waals surface area contributed by atoms with E-state index in [0.29, 0.717) is 19.4 Å². The number of nitrogens with one attached hydrogen (secondary N) is 1. The molecule has 0 bridgehead atoms. The fraction of sp³-hybridized carbons (Fsp3) is 0.357. The minimum atomic E-state index is -0.979. The zero-order valence-corrected chi connectivity index (χ0v) is 12.0. The van der Waals surface area contributed by atoms with Gasteiger partial charge in [0, 0.05) is 13.0 Å². The smallest absolute Gasteiger partial charge is 0.335 e. The molecule has 2 atom stereocenters. The van der Waals surface area contributed by atoms with Gasteiger partial charge in [0.05, 0.1) is 17.0 Å². The fourth-order valence-corrected chi connectivity index (χ4v) is 3.36. The number of fused-ring (bicyclic) bond motifs is 1. The number of rotatable bonds is 2. The van der Waals surface area contributed by atoms with Gasteiger partial charge in [-0.2, -0.15) is 12.6 Å². The van der Waals surface area contributed by atoms with Gasteiger partial charge in [-0.05, 0) is 29.7 Å². The molecule has 3 rings (SSSR count). The number of carboxylic acids is 1. The van der Waals surface area contributed by atoms with Gasteiger partial charge in [0.1, 0.15) is 0 Å². The summed E-state index contributed by atoms with van der Waals surface area (Å²) in [5.41, 5.74) is 1.99. The molecule has 110 valence electrons. The summed E-state index contributed by atoms with van der Waals surface area (Å²) < 4.78 is 0. The number of amides is 2. The van der Waals surface area contributed by atoms with E-state index in [-0.39, 0.29) is 22.8 Å². The number of hydrogen-bond donors (Lipinski definition) is 3. The molecule has 7 heteroatoms. The lowest BCUT2D eigenvalue weighted by Gasteiger charge is -2.32. The second-order valence-electron chi connectivity index (χ2n) is 5.23. The Morgan fingerprint density at radius 1 is 1.38 bits per heavy atom. The number of carbonyl (C=O) groups excluding carboxylic acids is 2. The van der Waals surface area contributed by atoms with E-state index in [0.717, 1.165) is 11.1 Å². The molecule has 0 aliphatic carbocycles. The van der Waals surface area contributed by atoms with Crippen LogP contribution in [0, 0.1) is 0 Å². The molecule has 2 aliphatic rings. The van der Waals surface area contributed by atoms with Gasteiger partial charge in [-0.15, -0.1) is 0 Å². The SMILES string of the molecule is O=C1CCC(N2Cc3cc(C(=O)O)ccc3C2S)C(=O)N1. The number of imide groups is 1. The van der Waals surface area contributed by atoms with Gasteiger partial charge in [-0.3, -0.25) is 19.8 Å². The molecule has 1 fully saturated rings. The number of thiol groups is 1. The van der Waals surface area contributed by atoms with E-state index in [1.165, 1.54) is 0 Å². The summed E-state index contributed by atoms with van der Waals surface area (Å²) in [5, 5.41) is 11.1. The molecule has 2 heterocycles. The highest BCUT2D eigenvalue weighted by Gasteiger charge is 2.39. The lowest BCUT2D eigenvalue weighted by Crippen LogP contribution is -2.51. The number of carboxylic acid groups (broad SMARTS) is 1. The molecule has 1 aromatic rings. The molecule has 0 radical (unpaired) electrons. The molecule has 2 amide bonds. The Morgan fingerprint density at radius 3 is 2.81 bits per heavy atom. The summed E-state index contributed by atoms with van der Waals surface area (Å²) in [6.45, 7) is 0.455. The van der Waals surface area contributed by atoms with Crippen molar-refractivity contribution < 1.29 is 19.5 Å². The number of hydrogen-bond acceptors (Lipinski definition) is 5. The highest BCUT2D eigenvalue weighted by atomic mass is 32.1. The van der Waals surface area contributed by atoms with Crippen LogP contribution >= 0.6 is 12.6 Å². The summed E-state index contributed by atoms with van der Waals surface area (Å²) in [5.74, 6) is -1.54. The van der Waals surface area contributed by atoms with Crippen molar-refractivity contribution >= 4 is 30.4 Å². The van der Waals surface area contributed by atoms with Crippen molar-refractivity contribution in [2.24, 2.45) is 0 Å². The van der Waals surface area contributed by atoms with E-state index in [1.54, 1.807) is 18.2 Å². The van der Waals surface area contributed by atoms with E-state index < -0.39 is 12.0 Å². The van der Waals surface area contributed by atoms with Gasteiger partial charge < -0.3 is 5.11 Å². The van der Waals surface area contributed by atoms with Gasteiger partial charge in [-0.1, -0.05) is 6.07 Å². The minimum Gasteiger partial charge on any atom is -0.478 e. The summed E-state index contributed by atoms with van der Waals surface area (Å²) in [7, 11) is 0. The number of benzene rings is 1. The molecular weight excluding hydrogens is 292 g/mol. The predicted octanol–water partition coefficient (Wildman–Crippen LogP) is 0.934. The van der Waals surface area contributed by atoms with Crippen LogP contribution < -0.4 is 5.32 Å². The molecule has 6 nitrogen and oxygen atoms in total. The van der Waals surface area contributed by atoms with Crippen molar-refractivity contribution in [1.29, 1.82) is 0 Å². The van der Waals surface area contributed by atoms with E-state index in [2.05, 4.69) is 17.9 Å². The first-order valence-corrected chi connectivity index (χ1v) is 7.12. The molecular formula is C14H14N2O4S. The van der Waals surface area contributed by atoms with Crippen LogP contribution in [0.25, 0.3) is 0 Å². The second-order valence-corrected chi connectivity index (χ2v) is 5.72.